The zero-order valence-corrected chi connectivity index (χ0v) is 19.6. The Morgan fingerprint density at radius 2 is 1.91 bits per heavy atom. The molecular weight excluding hydrogens is 430 g/mol. The molecule has 4 N–H and O–H groups in total. The van der Waals surface area contributed by atoms with Crippen LogP contribution in [0.2, 0.25) is 0 Å². The number of nitrogens with zero attached hydrogens (tertiary/aromatic N) is 3. The third-order valence-electron chi connectivity index (χ3n) is 5.38. The number of hydrogen-bond acceptors (Lipinski definition) is 7. The third kappa shape index (κ3) is 5.74. The van der Waals surface area contributed by atoms with Crippen LogP contribution in [0.3, 0.4) is 0 Å². The monoisotopic (exact) mass is 457 g/mol. The zero-order valence-electron chi connectivity index (χ0n) is 18.7. The Morgan fingerprint density at radius 1 is 1.15 bits per heavy atom. The van der Waals surface area contributed by atoms with E-state index in [4.69, 9.17) is 15.7 Å². The Bertz CT molecular complexity index is 1280. The fourth-order valence-electron chi connectivity index (χ4n) is 3.26. The van der Waals surface area contributed by atoms with Crippen molar-refractivity contribution in [3.05, 3.63) is 71.4 Å². The molecule has 168 valence electrons. The highest BCUT2D eigenvalue weighted by atomic mass is 32.1. The van der Waals surface area contributed by atoms with Crippen LogP contribution in [0, 0.1) is 11.8 Å². The van der Waals surface area contributed by atoms with Gasteiger partial charge in [0.05, 0.1) is 10.3 Å². The average Bonchev–Trinajstić information content (AvgIpc) is 3.25. The average molecular weight is 458 g/mol. The van der Waals surface area contributed by atoms with Gasteiger partial charge in [0.15, 0.2) is 5.82 Å². The second-order valence-electron chi connectivity index (χ2n) is 8.17. The summed E-state index contributed by atoms with van der Waals surface area (Å²) in [5.74, 6) is 7.40. The number of nitrogens with two attached hydrogens (primary N) is 1. The van der Waals surface area contributed by atoms with Crippen molar-refractivity contribution in [1.29, 1.82) is 0 Å². The molecule has 4 rings (SSSR count). The summed E-state index contributed by atoms with van der Waals surface area (Å²) in [4.78, 5) is 13.7. The van der Waals surface area contributed by atoms with Gasteiger partial charge >= 0.3 is 0 Å². The van der Waals surface area contributed by atoms with E-state index in [2.05, 4.69) is 34.3 Å². The molecule has 0 fully saturated rings. The molecule has 0 spiro atoms. The molecule has 1 aromatic carbocycles. The van der Waals surface area contributed by atoms with E-state index in [1.807, 2.05) is 42.6 Å². The van der Waals surface area contributed by atoms with E-state index in [9.17, 15) is 5.11 Å². The lowest BCUT2D eigenvalue weighted by atomic mass is 10.0. The van der Waals surface area contributed by atoms with Gasteiger partial charge < -0.3 is 16.2 Å². The molecule has 0 aliphatic carbocycles. The first-order valence-corrected chi connectivity index (χ1v) is 11.8. The molecule has 0 radical (unpaired) electrons. The number of nitrogens with one attached hydrogen (secondary N) is 1. The van der Waals surface area contributed by atoms with E-state index in [1.54, 1.807) is 19.3 Å². The summed E-state index contributed by atoms with van der Waals surface area (Å²) in [7, 11) is 0. The van der Waals surface area contributed by atoms with Gasteiger partial charge in [-0.05, 0) is 37.5 Å². The van der Waals surface area contributed by atoms with E-state index >= 15 is 0 Å². The van der Waals surface area contributed by atoms with E-state index in [-0.39, 0.29) is 6.04 Å². The molecule has 3 aromatic heterocycles. The standard InChI is InChI=1S/C26H27N5OS/c1-3-26(2,32)12-9-20-17-33-23-22(20)30-24(19-10-13-28-14-11-19)31-25(23)29-16-21(27)15-18-7-5-4-6-8-18/h4-8,10-11,13-14,17,21,32H,3,15-16,27H2,1-2H3,(H,29,30,31)/t21-,26+/m1/s1. The molecule has 0 aliphatic rings. The number of fused-ring (bicyclic) bond motifs is 1. The van der Waals surface area contributed by atoms with Crippen LogP contribution in [0.15, 0.2) is 60.2 Å². The number of anilines is 1. The van der Waals surface area contributed by atoms with Crippen molar-refractivity contribution in [2.75, 3.05) is 11.9 Å². The summed E-state index contributed by atoms with van der Waals surface area (Å²) in [6.07, 6.45) is 4.76. The van der Waals surface area contributed by atoms with Crippen LogP contribution in [-0.4, -0.2) is 38.2 Å². The number of rotatable bonds is 7. The molecule has 0 saturated heterocycles. The number of benzene rings is 1. The maximum Gasteiger partial charge on any atom is 0.162 e. The summed E-state index contributed by atoms with van der Waals surface area (Å²) in [5.41, 5.74) is 8.97. The van der Waals surface area contributed by atoms with E-state index in [0.29, 0.717) is 18.8 Å². The van der Waals surface area contributed by atoms with Crippen LogP contribution >= 0.6 is 11.3 Å². The lowest BCUT2D eigenvalue weighted by Crippen LogP contribution is -2.31. The fraction of sp³-hybridized carbons (Fsp3) is 0.269. The quantitative estimate of drug-likeness (QED) is 0.359. The smallest absolute Gasteiger partial charge is 0.162 e. The predicted molar refractivity (Wildman–Crippen MR) is 135 cm³/mol. The molecule has 7 heteroatoms. The molecule has 4 aromatic rings. The Balaban J connectivity index is 1.67. The number of aliphatic hydroxyl groups is 1. The minimum absolute atomic E-state index is 0.0688. The van der Waals surface area contributed by atoms with Crippen molar-refractivity contribution in [2.24, 2.45) is 5.73 Å². The van der Waals surface area contributed by atoms with Crippen LogP contribution in [0.25, 0.3) is 21.6 Å². The molecule has 3 heterocycles. The van der Waals surface area contributed by atoms with Gasteiger partial charge in [0.25, 0.3) is 0 Å². The van der Waals surface area contributed by atoms with Gasteiger partial charge in [0.2, 0.25) is 0 Å². The van der Waals surface area contributed by atoms with Crippen molar-refractivity contribution in [1.82, 2.24) is 15.0 Å². The molecule has 0 saturated carbocycles. The van der Waals surface area contributed by atoms with E-state index in [0.717, 1.165) is 33.6 Å². The SMILES string of the molecule is CC[C@](C)(O)C#Cc1csc2c(NC[C@H](N)Cc3ccccc3)nc(-c3ccncc3)nc12. The molecule has 33 heavy (non-hydrogen) atoms. The van der Waals surface area contributed by atoms with Crippen LogP contribution in [0.5, 0.6) is 0 Å². The summed E-state index contributed by atoms with van der Waals surface area (Å²) >= 11 is 1.53. The number of hydrogen-bond donors (Lipinski definition) is 3. The second-order valence-corrected chi connectivity index (χ2v) is 9.05. The molecule has 0 unspecified atom stereocenters. The molecule has 0 aliphatic heterocycles. The maximum atomic E-state index is 10.3. The summed E-state index contributed by atoms with van der Waals surface area (Å²) < 4.78 is 0.917. The van der Waals surface area contributed by atoms with Crippen LogP contribution in [-0.2, 0) is 6.42 Å². The fourth-order valence-corrected chi connectivity index (χ4v) is 4.17. The zero-order chi connectivity index (χ0) is 23.3. The van der Waals surface area contributed by atoms with Crippen molar-refractivity contribution in [2.45, 2.75) is 38.3 Å². The van der Waals surface area contributed by atoms with Gasteiger partial charge in [0, 0.05) is 35.9 Å². The molecule has 2 atom stereocenters. The third-order valence-corrected chi connectivity index (χ3v) is 6.36. The maximum absolute atomic E-state index is 10.3. The Kier molecular flexibility index (Phi) is 6.99. The normalized spacial score (nSPS) is 13.7. The van der Waals surface area contributed by atoms with Crippen molar-refractivity contribution in [3.8, 4) is 23.2 Å². The molecule has 0 bridgehead atoms. The van der Waals surface area contributed by atoms with Gasteiger partial charge in [-0.25, -0.2) is 9.97 Å². The Hall–Kier alpha value is -3.31. The summed E-state index contributed by atoms with van der Waals surface area (Å²) in [6.45, 7) is 4.19. The van der Waals surface area contributed by atoms with Crippen molar-refractivity contribution >= 4 is 27.4 Å². The number of aromatic nitrogens is 3. The highest BCUT2D eigenvalue weighted by molar-refractivity contribution is 7.18. The van der Waals surface area contributed by atoms with Gasteiger partial charge in [-0.2, -0.15) is 0 Å². The largest absolute Gasteiger partial charge is 0.378 e. The van der Waals surface area contributed by atoms with E-state index < -0.39 is 5.60 Å². The lowest BCUT2D eigenvalue weighted by Gasteiger charge is -2.14. The van der Waals surface area contributed by atoms with Gasteiger partial charge in [-0.15, -0.1) is 11.3 Å². The minimum atomic E-state index is -1.04. The van der Waals surface area contributed by atoms with Crippen LogP contribution in [0.4, 0.5) is 5.82 Å². The highest BCUT2D eigenvalue weighted by Gasteiger charge is 2.17. The second kappa shape index (κ2) is 10.1. The lowest BCUT2D eigenvalue weighted by molar-refractivity contribution is 0.118. The Labute approximate surface area is 197 Å². The van der Waals surface area contributed by atoms with E-state index in [1.165, 1.54) is 16.9 Å². The molecule has 0 amide bonds. The first kappa shape index (κ1) is 22.9. The minimum Gasteiger partial charge on any atom is -0.378 e. The number of thiophene rings is 1. The van der Waals surface area contributed by atoms with Gasteiger partial charge in [0.1, 0.15) is 16.9 Å². The predicted octanol–water partition coefficient (Wildman–Crippen LogP) is 4.25. The topological polar surface area (TPSA) is 97.0 Å². The highest BCUT2D eigenvalue weighted by Crippen LogP contribution is 2.32. The van der Waals surface area contributed by atoms with Crippen molar-refractivity contribution < 1.29 is 5.11 Å². The first-order valence-electron chi connectivity index (χ1n) is 10.9. The molecular formula is C26H27N5OS. The first-order chi connectivity index (χ1) is 15.9. The molecule has 6 nitrogen and oxygen atoms in total. The van der Waals surface area contributed by atoms with Crippen LogP contribution < -0.4 is 11.1 Å². The van der Waals surface area contributed by atoms with Gasteiger partial charge in [-0.1, -0.05) is 49.1 Å². The summed E-state index contributed by atoms with van der Waals surface area (Å²) in [5, 5.41) is 15.7. The number of pyridine rings is 1. The summed E-state index contributed by atoms with van der Waals surface area (Å²) in [6, 6.07) is 13.9. The van der Waals surface area contributed by atoms with Crippen molar-refractivity contribution in [3.63, 3.8) is 0 Å². The van der Waals surface area contributed by atoms with Crippen LogP contribution in [0.1, 0.15) is 31.4 Å². The Morgan fingerprint density at radius 3 is 2.64 bits per heavy atom. The van der Waals surface area contributed by atoms with Gasteiger partial charge in [-0.3, -0.25) is 4.98 Å².